The third-order valence-electron chi connectivity index (χ3n) is 12.1. The molecule has 2 fully saturated rings. The molecule has 2 heterocycles. The standard InChI is InChI=1S/C47H73N11O12S2/c1-7-26(6)39-46(69)52-29(14-15-36(48)60)41(64)54-33(22-37(49)61)43(66)56-34(23-72-71-18-16-38(62)51-32(44(67)57-39)21-27-10-12-28(59)13-11-27)47(70)58-17-8-9-35(58)45(68)55-31(20-25(4)5)42(65)53-30(40(50)63)19-24(2)3/h10-13,24-26,29-35,39,59H,7-9,14-23H2,1-6H3,(H2,48,60)(H2,49,61)(H2,50,63)(H,51,62)(H,52,69)(H,53,65)(H,54,64)(H,55,68)(H,56,66)(H,57,67)/t26-,29-,30-,31-,32-,33-,34-,35-,39-/m0/s1. The average Bonchev–Trinajstić information content (AvgIpc) is 3.80. The zero-order valence-corrected chi connectivity index (χ0v) is 43.4. The Morgan fingerprint density at radius 2 is 1.36 bits per heavy atom. The lowest BCUT2D eigenvalue weighted by atomic mass is 9.96. The first-order valence-corrected chi connectivity index (χ1v) is 26.7. The second kappa shape index (κ2) is 29.4. The topological polar surface area (TPSA) is 374 Å². The van der Waals surface area contributed by atoms with Crippen LogP contribution in [0.25, 0.3) is 0 Å². The number of hydrogen-bond donors (Lipinski definition) is 11. The Hall–Kier alpha value is -6.11. The van der Waals surface area contributed by atoms with Crippen LogP contribution in [0.1, 0.15) is 105 Å². The van der Waals surface area contributed by atoms with Crippen molar-refractivity contribution in [1.82, 2.24) is 42.1 Å². The SMILES string of the molecule is CC[C@H](C)[C@@H]1NC(=O)[C@H](Cc2ccc(O)cc2)NC(=O)CCSSC[C@@H](C(=O)N2CCC[C@H]2C(=O)N[C@@H](CC(C)C)C(=O)N[C@@H](CC(C)C)C(N)=O)NC(=O)[C@H](CC(N)=O)NC(=O)[C@H](CCC(N)=O)NC1=O. The summed E-state index contributed by atoms with van der Waals surface area (Å²) >= 11 is 0. The van der Waals surface area contributed by atoms with Crippen LogP contribution >= 0.6 is 21.6 Å². The Bertz CT molecular complexity index is 2110. The third-order valence-corrected chi connectivity index (χ3v) is 14.5. The summed E-state index contributed by atoms with van der Waals surface area (Å²) in [5.41, 5.74) is 17.1. The molecular formula is C47H73N11O12S2. The maximum atomic E-state index is 14.6. The Labute approximate surface area is 427 Å². The normalized spacial score (nSPS) is 23.3. The number of phenolic OH excluding ortho intramolecular Hbond substituents is 1. The molecule has 0 aliphatic carbocycles. The molecule has 3 rings (SSSR count). The number of rotatable bonds is 19. The van der Waals surface area contributed by atoms with Gasteiger partial charge < -0.3 is 64.4 Å². The first kappa shape index (κ1) is 60.2. The summed E-state index contributed by atoms with van der Waals surface area (Å²) in [6.45, 7) is 10.9. The number of benzene rings is 1. The molecule has 14 N–H and O–H groups in total. The molecule has 0 unspecified atom stereocenters. The molecule has 9 atom stereocenters. The molecule has 23 nitrogen and oxygen atoms in total. The van der Waals surface area contributed by atoms with Crippen molar-refractivity contribution in [2.24, 2.45) is 35.0 Å². The number of nitrogens with zero attached hydrogens (tertiary/aromatic N) is 1. The fourth-order valence-electron chi connectivity index (χ4n) is 8.02. The van der Waals surface area contributed by atoms with Gasteiger partial charge in [0.05, 0.1) is 6.42 Å². The predicted octanol–water partition coefficient (Wildman–Crippen LogP) is -1.13. The largest absolute Gasteiger partial charge is 0.508 e. The molecule has 0 radical (unpaired) electrons. The van der Waals surface area contributed by atoms with Crippen LogP contribution in [0.15, 0.2) is 24.3 Å². The van der Waals surface area contributed by atoms with E-state index in [-0.39, 0.29) is 74.2 Å². The van der Waals surface area contributed by atoms with E-state index in [1.54, 1.807) is 26.0 Å². The summed E-state index contributed by atoms with van der Waals surface area (Å²) in [6, 6.07) is -4.48. The van der Waals surface area contributed by atoms with Crippen LogP contribution in [0, 0.1) is 17.8 Å². The van der Waals surface area contributed by atoms with Gasteiger partial charge >= 0.3 is 0 Å². The quantitative estimate of drug-likeness (QED) is 0.0731. The van der Waals surface area contributed by atoms with Gasteiger partial charge in [-0.25, -0.2) is 0 Å². The van der Waals surface area contributed by atoms with E-state index in [4.69, 9.17) is 17.2 Å². The Morgan fingerprint density at radius 1 is 0.750 bits per heavy atom. The van der Waals surface area contributed by atoms with E-state index < -0.39 is 132 Å². The summed E-state index contributed by atoms with van der Waals surface area (Å²) in [6.07, 6.45) is -0.387. The van der Waals surface area contributed by atoms with Gasteiger partial charge in [-0.3, -0.25) is 52.7 Å². The molecule has 11 amide bonds. The average molecular weight is 1050 g/mol. The monoisotopic (exact) mass is 1050 g/mol. The highest BCUT2D eigenvalue weighted by Gasteiger charge is 2.41. The molecule has 0 saturated carbocycles. The van der Waals surface area contributed by atoms with Gasteiger partial charge in [-0.1, -0.05) is 81.7 Å². The highest BCUT2D eigenvalue weighted by molar-refractivity contribution is 8.76. The van der Waals surface area contributed by atoms with Gasteiger partial charge in [0, 0.05) is 37.3 Å². The minimum Gasteiger partial charge on any atom is -0.508 e. The summed E-state index contributed by atoms with van der Waals surface area (Å²) in [4.78, 5) is 150. The summed E-state index contributed by atoms with van der Waals surface area (Å²) < 4.78 is 0. The zero-order valence-electron chi connectivity index (χ0n) is 41.8. The number of phenols is 1. The molecule has 25 heteroatoms. The fourth-order valence-corrected chi connectivity index (χ4v) is 10.2. The van der Waals surface area contributed by atoms with Gasteiger partial charge in [-0.05, 0) is 67.6 Å². The number of hydrogen-bond acceptors (Lipinski definition) is 14. The number of primary amides is 3. The third kappa shape index (κ3) is 19.8. The predicted molar refractivity (Wildman–Crippen MR) is 269 cm³/mol. The van der Waals surface area contributed by atoms with E-state index in [1.165, 1.54) is 17.0 Å². The van der Waals surface area contributed by atoms with Crippen molar-refractivity contribution in [3.63, 3.8) is 0 Å². The van der Waals surface area contributed by atoms with Crippen LogP contribution in [-0.2, 0) is 59.2 Å². The zero-order chi connectivity index (χ0) is 53.8. The lowest BCUT2D eigenvalue weighted by Crippen LogP contribution is -2.61. The van der Waals surface area contributed by atoms with Crippen molar-refractivity contribution >= 4 is 86.6 Å². The minimum atomic E-state index is -1.73. The second-order valence-corrected chi connectivity index (χ2v) is 21.7. The maximum absolute atomic E-state index is 14.6. The minimum absolute atomic E-state index is 0.0103. The second-order valence-electron chi connectivity index (χ2n) is 19.1. The first-order chi connectivity index (χ1) is 33.9. The van der Waals surface area contributed by atoms with Gasteiger partial charge in [0.25, 0.3) is 0 Å². The first-order valence-electron chi connectivity index (χ1n) is 24.2. The molecular weight excluding hydrogens is 975 g/mol. The molecule has 1 aromatic carbocycles. The van der Waals surface area contributed by atoms with Crippen molar-refractivity contribution in [3.05, 3.63) is 29.8 Å². The molecule has 0 bridgehead atoms. The van der Waals surface area contributed by atoms with Gasteiger partial charge in [0.15, 0.2) is 0 Å². The van der Waals surface area contributed by atoms with E-state index in [9.17, 15) is 57.8 Å². The summed E-state index contributed by atoms with van der Waals surface area (Å²) in [7, 11) is 2.25. The van der Waals surface area contributed by atoms with E-state index in [0.29, 0.717) is 18.4 Å². The number of carbonyl (C=O) groups is 11. The maximum Gasteiger partial charge on any atom is 0.246 e. The summed E-state index contributed by atoms with van der Waals surface area (Å²) in [5, 5.41) is 28.3. The van der Waals surface area contributed by atoms with E-state index >= 15 is 0 Å². The molecule has 0 spiro atoms. The number of carbonyl (C=O) groups excluding carboxylic acids is 11. The smallest absolute Gasteiger partial charge is 0.246 e. The van der Waals surface area contributed by atoms with Gasteiger partial charge in [0.2, 0.25) is 65.0 Å². The number of aromatic hydroxyl groups is 1. The molecule has 72 heavy (non-hydrogen) atoms. The van der Waals surface area contributed by atoms with Crippen LogP contribution in [-0.4, -0.2) is 141 Å². The van der Waals surface area contributed by atoms with Crippen LogP contribution in [0.3, 0.4) is 0 Å². The van der Waals surface area contributed by atoms with Crippen LogP contribution < -0.4 is 54.4 Å². The van der Waals surface area contributed by atoms with Crippen molar-refractivity contribution < 1.29 is 57.8 Å². The Balaban J connectivity index is 2.02. The van der Waals surface area contributed by atoms with Crippen molar-refractivity contribution in [2.75, 3.05) is 18.1 Å². The van der Waals surface area contributed by atoms with Crippen molar-refractivity contribution in [1.29, 1.82) is 0 Å². The lowest BCUT2D eigenvalue weighted by molar-refractivity contribution is -0.142. The number of amides is 11. The molecule has 2 aliphatic heterocycles. The van der Waals surface area contributed by atoms with Crippen molar-refractivity contribution in [3.8, 4) is 5.75 Å². The summed E-state index contributed by atoms with van der Waals surface area (Å²) in [5.74, 6) is -9.51. The highest BCUT2D eigenvalue weighted by Crippen LogP contribution is 2.26. The lowest BCUT2D eigenvalue weighted by Gasteiger charge is -2.31. The van der Waals surface area contributed by atoms with Gasteiger partial charge in [0.1, 0.15) is 54.1 Å². The Kier molecular flexibility index (Phi) is 24.6. The van der Waals surface area contributed by atoms with Gasteiger partial charge in [-0.2, -0.15) is 0 Å². The molecule has 2 aliphatic rings. The van der Waals surface area contributed by atoms with Crippen LogP contribution in [0.2, 0.25) is 0 Å². The molecule has 400 valence electrons. The number of nitrogens with one attached hydrogen (secondary N) is 7. The van der Waals surface area contributed by atoms with Crippen LogP contribution in [0.5, 0.6) is 5.75 Å². The van der Waals surface area contributed by atoms with Crippen LogP contribution in [0.4, 0.5) is 0 Å². The van der Waals surface area contributed by atoms with E-state index in [1.807, 2.05) is 27.7 Å². The molecule has 1 aromatic rings. The highest BCUT2D eigenvalue weighted by atomic mass is 33.1. The van der Waals surface area contributed by atoms with Crippen molar-refractivity contribution in [2.45, 2.75) is 154 Å². The molecule has 0 aromatic heterocycles. The number of likely N-dealkylation sites (tertiary alicyclic amines) is 1. The van der Waals surface area contributed by atoms with E-state index in [2.05, 4.69) is 37.2 Å². The fraction of sp³-hybridized carbons (Fsp3) is 0.638. The molecule has 2 saturated heterocycles. The Morgan fingerprint density at radius 3 is 1.96 bits per heavy atom. The van der Waals surface area contributed by atoms with E-state index in [0.717, 1.165) is 21.6 Å². The van der Waals surface area contributed by atoms with Gasteiger partial charge in [-0.15, -0.1) is 0 Å². The number of nitrogens with two attached hydrogens (primary N) is 3.